The van der Waals surface area contributed by atoms with E-state index in [9.17, 15) is 5.11 Å². The minimum Gasteiger partial charge on any atom is -0.387 e. The molecule has 19 heavy (non-hydrogen) atoms. The van der Waals surface area contributed by atoms with Gasteiger partial charge in [0.15, 0.2) is 0 Å². The number of nitrogens with one attached hydrogen (secondary N) is 1. The Labute approximate surface area is 130 Å². The molecule has 0 aromatic heterocycles. The first-order valence-corrected chi connectivity index (χ1v) is 7.23. The van der Waals surface area contributed by atoms with Gasteiger partial charge in [-0.2, -0.15) is 0 Å². The lowest BCUT2D eigenvalue weighted by atomic mass is 10.1. The maximum absolute atomic E-state index is 10.1. The van der Waals surface area contributed by atoms with Gasteiger partial charge >= 0.3 is 0 Å². The Morgan fingerprint density at radius 2 is 1.79 bits per heavy atom. The normalized spacial score (nSPS) is 12.2. The largest absolute Gasteiger partial charge is 0.387 e. The van der Waals surface area contributed by atoms with Crippen molar-refractivity contribution in [1.82, 2.24) is 0 Å². The van der Waals surface area contributed by atoms with Crippen molar-refractivity contribution in [3.63, 3.8) is 0 Å². The van der Waals surface area contributed by atoms with Gasteiger partial charge in [0.05, 0.1) is 16.8 Å². The Bertz CT molecular complexity index is 560. The molecule has 0 heterocycles. The van der Waals surface area contributed by atoms with Crippen LogP contribution in [0, 0.1) is 0 Å². The van der Waals surface area contributed by atoms with E-state index in [2.05, 4.69) is 21.2 Å². The summed E-state index contributed by atoms with van der Waals surface area (Å²) >= 11 is 15.3. The molecule has 0 spiro atoms. The van der Waals surface area contributed by atoms with Crippen LogP contribution in [-0.4, -0.2) is 11.7 Å². The van der Waals surface area contributed by atoms with Crippen LogP contribution in [0.5, 0.6) is 0 Å². The fourth-order valence-corrected chi connectivity index (χ4v) is 2.31. The lowest BCUT2D eigenvalue weighted by Gasteiger charge is -2.14. The molecule has 0 amide bonds. The number of aliphatic hydroxyl groups excluding tert-OH is 1. The van der Waals surface area contributed by atoms with E-state index in [1.807, 2.05) is 12.1 Å². The van der Waals surface area contributed by atoms with Gasteiger partial charge in [-0.3, -0.25) is 0 Å². The van der Waals surface area contributed by atoms with Crippen LogP contribution in [0.15, 0.2) is 46.9 Å². The summed E-state index contributed by atoms with van der Waals surface area (Å²) < 4.78 is 0.931. The fraction of sp³-hybridized carbons (Fsp3) is 0.143. The molecule has 0 aliphatic heterocycles. The van der Waals surface area contributed by atoms with E-state index in [-0.39, 0.29) is 0 Å². The number of halogens is 3. The van der Waals surface area contributed by atoms with Crippen molar-refractivity contribution in [3.05, 3.63) is 62.5 Å². The molecule has 2 rings (SSSR count). The number of anilines is 1. The van der Waals surface area contributed by atoms with E-state index >= 15 is 0 Å². The fourth-order valence-electron chi connectivity index (χ4n) is 1.64. The summed E-state index contributed by atoms with van der Waals surface area (Å²) in [6, 6.07) is 12.6. The minimum absolute atomic E-state index is 0.373. The first-order chi connectivity index (χ1) is 9.06. The maximum atomic E-state index is 10.1. The van der Waals surface area contributed by atoms with Crippen LogP contribution >= 0.6 is 39.1 Å². The van der Waals surface area contributed by atoms with E-state index in [1.165, 1.54) is 0 Å². The molecule has 0 saturated carbocycles. The number of rotatable bonds is 4. The van der Waals surface area contributed by atoms with Gasteiger partial charge in [0.2, 0.25) is 0 Å². The topological polar surface area (TPSA) is 32.3 Å². The molecule has 0 aliphatic rings. The van der Waals surface area contributed by atoms with Crippen LogP contribution in [-0.2, 0) is 0 Å². The molecule has 5 heteroatoms. The van der Waals surface area contributed by atoms with E-state index < -0.39 is 6.10 Å². The molecule has 2 nitrogen and oxygen atoms in total. The molecule has 0 radical (unpaired) electrons. The average Bonchev–Trinajstić information content (AvgIpc) is 2.40. The van der Waals surface area contributed by atoms with Crippen LogP contribution in [0.1, 0.15) is 11.7 Å². The predicted octanol–water partition coefficient (Wildman–Crippen LogP) is 4.90. The monoisotopic (exact) mass is 359 g/mol. The number of hydrogen-bond acceptors (Lipinski definition) is 2. The van der Waals surface area contributed by atoms with Crippen molar-refractivity contribution < 1.29 is 5.11 Å². The summed E-state index contributed by atoms with van der Waals surface area (Å²) in [6.45, 7) is 0.373. The zero-order valence-electron chi connectivity index (χ0n) is 9.91. The molecule has 0 bridgehead atoms. The SMILES string of the molecule is OC(CNc1cc(Br)ccc1Cl)c1ccc(Cl)cc1. The summed E-state index contributed by atoms with van der Waals surface area (Å²) in [5, 5.41) is 14.5. The molecular formula is C14H12BrCl2NO. The summed E-state index contributed by atoms with van der Waals surface area (Å²) in [5.41, 5.74) is 1.59. The van der Waals surface area contributed by atoms with Crippen LogP contribution in [0.2, 0.25) is 10.0 Å². The first-order valence-electron chi connectivity index (χ1n) is 5.69. The zero-order chi connectivity index (χ0) is 13.8. The molecule has 2 aromatic carbocycles. The Hall–Kier alpha value is -0.740. The van der Waals surface area contributed by atoms with Crippen molar-refractivity contribution in [3.8, 4) is 0 Å². The molecule has 2 aromatic rings. The third-order valence-electron chi connectivity index (χ3n) is 2.67. The minimum atomic E-state index is -0.618. The maximum Gasteiger partial charge on any atom is 0.0962 e. The molecule has 0 fully saturated rings. The highest BCUT2D eigenvalue weighted by atomic mass is 79.9. The lowest BCUT2D eigenvalue weighted by molar-refractivity contribution is 0.191. The van der Waals surface area contributed by atoms with Crippen molar-refractivity contribution >= 4 is 44.8 Å². The van der Waals surface area contributed by atoms with Gasteiger partial charge in [0.25, 0.3) is 0 Å². The van der Waals surface area contributed by atoms with E-state index in [0.717, 1.165) is 15.7 Å². The standard InChI is InChI=1S/C14H12BrCl2NO/c15-10-3-6-12(17)13(7-10)18-8-14(19)9-1-4-11(16)5-2-9/h1-7,14,18-19H,8H2. The van der Waals surface area contributed by atoms with Crippen LogP contribution < -0.4 is 5.32 Å². The first kappa shape index (κ1) is 14.7. The van der Waals surface area contributed by atoms with Gasteiger partial charge in [-0.25, -0.2) is 0 Å². The average molecular weight is 361 g/mol. The van der Waals surface area contributed by atoms with Gasteiger partial charge in [0, 0.05) is 16.0 Å². The predicted molar refractivity (Wildman–Crippen MR) is 84.1 cm³/mol. The van der Waals surface area contributed by atoms with E-state index in [0.29, 0.717) is 16.6 Å². The second kappa shape index (κ2) is 6.62. The second-order valence-corrected chi connectivity index (χ2v) is 5.83. The molecule has 1 unspecified atom stereocenters. The Balaban J connectivity index is 2.02. The highest BCUT2D eigenvalue weighted by molar-refractivity contribution is 9.10. The lowest BCUT2D eigenvalue weighted by Crippen LogP contribution is -2.12. The van der Waals surface area contributed by atoms with Crippen molar-refractivity contribution in [2.24, 2.45) is 0 Å². The van der Waals surface area contributed by atoms with Crippen LogP contribution in [0.3, 0.4) is 0 Å². The highest BCUT2D eigenvalue weighted by Crippen LogP contribution is 2.26. The van der Waals surface area contributed by atoms with Crippen LogP contribution in [0.25, 0.3) is 0 Å². The molecule has 0 saturated heterocycles. The molecule has 1 atom stereocenters. The number of aliphatic hydroxyl groups is 1. The number of hydrogen-bond donors (Lipinski definition) is 2. The Morgan fingerprint density at radius 1 is 1.11 bits per heavy atom. The zero-order valence-corrected chi connectivity index (χ0v) is 13.0. The summed E-state index contributed by atoms with van der Waals surface area (Å²) in [6.07, 6.45) is -0.618. The van der Waals surface area contributed by atoms with E-state index in [1.54, 1.807) is 30.3 Å². The van der Waals surface area contributed by atoms with Gasteiger partial charge in [-0.05, 0) is 35.9 Å². The van der Waals surface area contributed by atoms with Crippen LogP contribution in [0.4, 0.5) is 5.69 Å². The second-order valence-electron chi connectivity index (χ2n) is 4.07. The van der Waals surface area contributed by atoms with Crippen molar-refractivity contribution in [2.75, 3.05) is 11.9 Å². The number of benzene rings is 2. The molecule has 100 valence electrons. The Kier molecular flexibility index (Phi) is 5.11. The van der Waals surface area contributed by atoms with Crippen molar-refractivity contribution in [2.45, 2.75) is 6.10 Å². The Morgan fingerprint density at radius 3 is 2.47 bits per heavy atom. The summed E-state index contributed by atoms with van der Waals surface area (Å²) in [7, 11) is 0. The smallest absolute Gasteiger partial charge is 0.0962 e. The molecule has 2 N–H and O–H groups in total. The molecular weight excluding hydrogens is 349 g/mol. The summed E-state index contributed by atoms with van der Waals surface area (Å²) in [4.78, 5) is 0. The molecule has 0 aliphatic carbocycles. The van der Waals surface area contributed by atoms with Gasteiger partial charge < -0.3 is 10.4 Å². The van der Waals surface area contributed by atoms with Crippen molar-refractivity contribution in [1.29, 1.82) is 0 Å². The van der Waals surface area contributed by atoms with Gasteiger partial charge in [-0.1, -0.05) is 51.3 Å². The quantitative estimate of drug-likeness (QED) is 0.812. The van der Waals surface area contributed by atoms with Gasteiger partial charge in [0.1, 0.15) is 0 Å². The van der Waals surface area contributed by atoms with Gasteiger partial charge in [-0.15, -0.1) is 0 Å². The van der Waals surface area contributed by atoms with E-state index in [4.69, 9.17) is 23.2 Å². The third-order valence-corrected chi connectivity index (χ3v) is 3.74. The third kappa shape index (κ3) is 4.11. The summed E-state index contributed by atoms with van der Waals surface area (Å²) in [5.74, 6) is 0. The highest BCUT2D eigenvalue weighted by Gasteiger charge is 2.08.